The van der Waals surface area contributed by atoms with Gasteiger partial charge in [0.15, 0.2) is 5.69 Å². The van der Waals surface area contributed by atoms with Crippen molar-refractivity contribution >= 4 is 29.7 Å². The number of amides is 1. The molecular formula is C16H24ClN5OS. The third-order valence-corrected chi connectivity index (χ3v) is 5.38. The van der Waals surface area contributed by atoms with Gasteiger partial charge in [0.25, 0.3) is 5.91 Å². The Morgan fingerprint density at radius 2 is 2.25 bits per heavy atom. The molecule has 6 nitrogen and oxygen atoms in total. The predicted octanol–water partition coefficient (Wildman–Crippen LogP) is 2.88. The molecule has 1 fully saturated rings. The van der Waals surface area contributed by atoms with Gasteiger partial charge in [0.05, 0.1) is 17.8 Å². The molecule has 2 aromatic heterocycles. The first kappa shape index (κ1) is 18.9. The third-order valence-electron chi connectivity index (χ3n) is 4.40. The number of hydrogen-bond donors (Lipinski definition) is 2. The molecule has 8 heteroatoms. The highest BCUT2D eigenvalue weighted by molar-refractivity contribution is 7.10. The molecule has 132 valence electrons. The lowest BCUT2D eigenvalue weighted by molar-refractivity contribution is 0.0930. The van der Waals surface area contributed by atoms with Crippen LogP contribution in [0.25, 0.3) is 0 Å². The molecule has 0 aromatic carbocycles. The summed E-state index contributed by atoms with van der Waals surface area (Å²) < 4.78 is 1.92. The van der Waals surface area contributed by atoms with Crippen molar-refractivity contribution in [3.8, 4) is 0 Å². The van der Waals surface area contributed by atoms with Gasteiger partial charge in [-0.1, -0.05) is 18.2 Å². The Bertz CT molecular complexity index is 651. The summed E-state index contributed by atoms with van der Waals surface area (Å²) in [5, 5.41) is 16.8. The van der Waals surface area contributed by atoms with E-state index in [1.54, 1.807) is 11.3 Å². The Morgan fingerprint density at radius 1 is 1.50 bits per heavy atom. The SMILES string of the molecule is CCC(NC(=O)c1nnn(C2CCNCC2)c1C)c1cccs1.Cl. The van der Waals surface area contributed by atoms with Gasteiger partial charge in [0, 0.05) is 4.88 Å². The predicted molar refractivity (Wildman–Crippen MR) is 98.0 cm³/mol. The molecule has 1 aliphatic heterocycles. The first-order chi connectivity index (χ1) is 11.2. The van der Waals surface area contributed by atoms with Gasteiger partial charge in [-0.15, -0.1) is 28.8 Å². The quantitative estimate of drug-likeness (QED) is 0.850. The van der Waals surface area contributed by atoms with Crippen molar-refractivity contribution < 1.29 is 4.79 Å². The second-order valence-corrected chi connectivity index (χ2v) is 6.88. The molecule has 2 N–H and O–H groups in total. The number of hydrogen-bond acceptors (Lipinski definition) is 5. The van der Waals surface area contributed by atoms with Crippen LogP contribution >= 0.6 is 23.7 Å². The molecule has 1 atom stereocenters. The van der Waals surface area contributed by atoms with Gasteiger partial charge in [0.1, 0.15) is 0 Å². The van der Waals surface area contributed by atoms with E-state index in [2.05, 4.69) is 33.9 Å². The van der Waals surface area contributed by atoms with Crippen LogP contribution in [-0.2, 0) is 0 Å². The molecule has 0 saturated carbocycles. The van der Waals surface area contributed by atoms with Crippen LogP contribution in [0, 0.1) is 6.92 Å². The van der Waals surface area contributed by atoms with E-state index in [1.165, 1.54) is 4.88 Å². The zero-order chi connectivity index (χ0) is 16.2. The van der Waals surface area contributed by atoms with Crippen LogP contribution < -0.4 is 10.6 Å². The number of aromatic nitrogens is 3. The van der Waals surface area contributed by atoms with E-state index in [9.17, 15) is 4.79 Å². The highest BCUT2D eigenvalue weighted by Gasteiger charge is 2.24. The molecule has 24 heavy (non-hydrogen) atoms. The van der Waals surface area contributed by atoms with Crippen LogP contribution in [0.5, 0.6) is 0 Å². The second-order valence-electron chi connectivity index (χ2n) is 5.90. The lowest BCUT2D eigenvalue weighted by atomic mass is 10.1. The summed E-state index contributed by atoms with van der Waals surface area (Å²) in [6.07, 6.45) is 2.91. The molecule has 3 heterocycles. The molecule has 2 aromatic rings. The fourth-order valence-electron chi connectivity index (χ4n) is 3.04. The van der Waals surface area contributed by atoms with E-state index in [0.29, 0.717) is 11.7 Å². The van der Waals surface area contributed by atoms with Crippen LogP contribution in [0.2, 0.25) is 0 Å². The van der Waals surface area contributed by atoms with Crippen molar-refractivity contribution in [2.75, 3.05) is 13.1 Å². The zero-order valence-corrected chi connectivity index (χ0v) is 15.6. The van der Waals surface area contributed by atoms with Crippen LogP contribution in [0.15, 0.2) is 17.5 Å². The van der Waals surface area contributed by atoms with Gasteiger partial charge >= 0.3 is 0 Å². The second kappa shape index (κ2) is 8.60. The summed E-state index contributed by atoms with van der Waals surface area (Å²) in [6.45, 7) is 5.98. The van der Waals surface area contributed by atoms with E-state index in [1.807, 2.05) is 23.1 Å². The van der Waals surface area contributed by atoms with Gasteiger partial charge in [-0.2, -0.15) is 0 Å². The highest BCUT2D eigenvalue weighted by Crippen LogP contribution is 2.23. The van der Waals surface area contributed by atoms with E-state index < -0.39 is 0 Å². The number of halogens is 1. The van der Waals surface area contributed by atoms with Crippen molar-refractivity contribution in [1.29, 1.82) is 0 Å². The summed E-state index contributed by atoms with van der Waals surface area (Å²) in [5.41, 5.74) is 1.30. The number of piperidine rings is 1. The van der Waals surface area contributed by atoms with Crippen LogP contribution in [-0.4, -0.2) is 34.0 Å². The minimum absolute atomic E-state index is 0. The van der Waals surface area contributed by atoms with Gasteiger partial charge in [-0.25, -0.2) is 4.68 Å². The smallest absolute Gasteiger partial charge is 0.274 e. The Hall–Kier alpha value is -1.44. The summed E-state index contributed by atoms with van der Waals surface area (Å²) in [4.78, 5) is 13.8. The van der Waals surface area contributed by atoms with Crippen LogP contribution in [0.4, 0.5) is 0 Å². The Kier molecular flexibility index (Phi) is 6.77. The van der Waals surface area contributed by atoms with Crippen LogP contribution in [0.3, 0.4) is 0 Å². The summed E-state index contributed by atoms with van der Waals surface area (Å²) in [5.74, 6) is -0.136. The number of carbonyl (C=O) groups is 1. The highest BCUT2D eigenvalue weighted by atomic mass is 35.5. The van der Waals surface area contributed by atoms with Crippen molar-refractivity contribution in [3.05, 3.63) is 33.8 Å². The standard InChI is InChI=1S/C16H23N5OS.ClH/c1-3-13(14-5-4-10-23-14)18-16(22)15-11(2)21(20-19-15)12-6-8-17-9-7-12;/h4-5,10,12-13,17H,3,6-9H2,1-2H3,(H,18,22);1H. The molecule has 0 radical (unpaired) electrons. The first-order valence-electron chi connectivity index (χ1n) is 8.17. The first-order valence-corrected chi connectivity index (χ1v) is 9.05. The monoisotopic (exact) mass is 369 g/mol. The normalized spacial score (nSPS) is 16.4. The zero-order valence-electron chi connectivity index (χ0n) is 14.0. The van der Waals surface area contributed by atoms with Crippen molar-refractivity contribution in [2.24, 2.45) is 0 Å². The molecule has 3 rings (SSSR count). The van der Waals surface area contributed by atoms with Crippen LogP contribution in [0.1, 0.15) is 59.3 Å². The van der Waals surface area contributed by atoms with E-state index in [4.69, 9.17) is 0 Å². The maximum Gasteiger partial charge on any atom is 0.274 e. The molecule has 1 amide bonds. The maximum absolute atomic E-state index is 12.6. The molecule has 1 unspecified atom stereocenters. The fraction of sp³-hybridized carbons (Fsp3) is 0.562. The van der Waals surface area contributed by atoms with Gasteiger partial charge in [0.2, 0.25) is 0 Å². The van der Waals surface area contributed by atoms with Crippen molar-refractivity contribution in [1.82, 2.24) is 25.6 Å². The number of thiophene rings is 1. The molecule has 1 saturated heterocycles. The Morgan fingerprint density at radius 3 is 2.88 bits per heavy atom. The summed E-state index contributed by atoms with van der Waals surface area (Å²) >= 11 is 1.66. The van der Waals surface area contributed by atoms with E-state index in [0.717, 1.165) is 38.0 Å². The average Bonchev–Trinajstić information content (AvgIpc) is 3.23. The molecule has 0 spiro atoms. The third kappa shape index (κ3) is 3.96. The molecule has 1 aliphatic rings. The van der Waals surface area contributed by atoms with E-state index >= 15 is 0 Å². The summed E-state index contributed by atoms with van der Waals surface area (Å²) in [7, 11) is 0. The van der Waals surface area contributed by atoms with E-state index in [-0.39, 0.29) is 24.4 Å². The minimum atomic E-state index is -0.136. The topological polar surface area (TPSA) is 71.8 Å². The average molecular weight is 370 g/mol. The molecule has 0 bridgehead atoms. The number of carbonyl (C=O) groups excluding carboxylic acids is 1. The van der Waals surface area contributed by atoms with Gasteiger partial charge < -0.3 is 10.6 Å². The lowest BCUT2D eigenvalue weighted by Crippen LogP contribution is -2.31. The number of rotatable bonds is 5. The summed E-state index contributed by atoms with van der Waals surface area (Å²) in [6, 6.07) is 4.43. The minimum Gasteiger partial charge on any atom is -0.343 e. The number of nitrogens with one attached hydrogen (secondary N) is 2. The molecule has 0 aliphatic carbocycles. The maximum atomic E-state index is 12.6. The van der Waals surface area contributed by atoms with Gasteiger partial charge in [-0.3, -0.25) is 4.79 Å². The number of nitrogens with zero attached hydrogens (tertiary/aromatic N) is 3. The largest absolute Gasteiger partial charge is 0.343 e. The lowest BCUT2D eigenvalue weighted by Gasteiger charge is -2.23. The van der Waals surface area contributed by atoms with Gasteiger partial charge in [-0.05, 0) is 50.7 Å². The Balaban J connectivity index is 0.00000208. The van der Waals surface area contributed by atoms with Crippen molar-refractivity contribution in [2.45, 2.75) is 45.2 Å². The van der Waals surface area contributed by atoms with Crippen molar-refractivity contribution in [3.63, 3.8) is 0 Å². The molecular weight excluding hydrogens is 346 g/mol. The fourth-order valence-corrected chi connectivity index (χ4v) is 3.90. The Labute approximate surface area is 152 Å².